The summed E-state index contributed by atoms with van der Waals surface area (Å²) in [5.74, 6) is 0. The number of nitrogens with one attached hydrogen (secondary N) is 1. The lowest BCUT2D eigenvalue weighted by molar-refractivity contribution is -0.0954. The van der Waals surface area contributed by atoms with Gasteiger partial charge >= 0.3 is 0 Å². The van der Waals surface area contributed by atoms with E-state index in [0.717, 1.165) is 29.2 Å². The molecule has 26 heavy (non-hydrogen) atoms. The molecule has 3 N–H and O–H groups in total. The summed E-state index contributed by atoms with van der Waals surface area (Å²) in [6.45, 7) is 2.81. The molecule has 2 aliphatic heterocycles. The van der Waals surface area contributed by atoms with Gasteiger partial charge in [-0.2, -0.15) is 0 Å². The zero-order valence-corrected chi connectivity index (χ0v) is 16.8. The first-order valence-corrected chi connectivity index (χ1v) is 11.3. The van der Waals surface area contributed by atoms with E-state index in [0.29, 0.717) is 6.61 Å². The molecule has 1 spiro atoms. The van der Waals surface area contributed by atoms with Crippen LogP contribution >= 0.6 is 22.9 Å². The number of ether oxygens (including phenoxy) is 1. The van der Waals surface area contributed by atoms with Crippen molar-refractivity contribution in [2.24, 2.45) is 5.14 Å². The Balaban J connectivity index is 1.73. The summed E-state index contributed by atoms with van der Waals surface area (Å²) in [5, 5.41) is 8.88. The highest BCUT2D eigenvalue weighted by atomic mass is 35.5. The van der Waals surface area contributed by atoms with Crippen LogP contribution in [0, 0.1) is 0 Å². The van der Waals surface area contributed by atoms with Crippen molar-refractivity contribution in [1.29, 1.82) is 0 Å². The summed E-state index contributed by atoms with van der Waals surface area (Å²) in [6.07, 6.45) is 2.48. The predicted octanol–water partition coefficient (Wildman–Crippen LogP) is 3.33. The topological polar surface area (TPSA) is 81.4 Å². The maximum Gasteiger partial charge on any atom is 0.238 e. The van der Waals surface area contributed by atoms with Crippen molar-refractivity contribution in [1.82, 2.24) is 5.32 Å². The van der Waals surface area contributed by atoms with Crippen LogP contribution in [0.3, 0.4) is 0 Å². The Morgan fingerprint density at radius 1 is 1.35 bits per heavy atom. The Morgan fingerprint density at radius 3 is 2.92 bits per heavy atom. The summed E-state index contributed by atoms with van der Waals surface area (Å²) in [4.78, 5) is 1.35. The predicted molar refractivity (Wildman–Crippen MR) is 103 cm³/mol. The number of benzene rings is 1. The van der Waals surface area contributed by atoms with Crippen molar-refractivity contribution in [2.75, 3.05) is 6.61 Å². The molecular weight excluding hydrogens is 392 g/mol. The van der Waals surface area contributed by atoms with Crippen LogP contribution in [0.5, 0.6) is 0 Å². The van der Waals surface area contributed by atoms with Gasteiger partial charge in [-0.05, 0) is 49.1 Å². The van der Waals surface area contributed by atoms with Gasteiger partial charge in [0.2, 0.25) is 10.0 Å². The molecule has 140 valence electrons. The average molecular weight is 413 g/mol. The largest absolute Gasteiger partial charge is 0.369 e. The second kappa shape index (κ2) is 6.58. The van der Waals surface area contributed by atoms with E-state index >= 15 is 0 Å². The second-order valence-corrected chi connectivity index (χ2v) is 10.4. The summed E-state index contributed by atoms with van der Waals surface area (Å²) in [6, 6.07) is 9.10. The lowest BCUT2D eigenvalue weighted by atomic mass is 9.78. The first kappa shape index (κ1) is 18.4. The number of primary sulfonamides is 1. The van der Waals surface area contributed by atoms with Crippen LogP contribution in [0.25, 0.3) is 0 Å². The van der Waals surface area contributed by atoms with Crippen LogP contribution in [0.1, 0.15) is 41.8 Å². The molecule has 5 nitrogen and oxygen atoms in total. The van der Waals surface area contributed by atoms with Crippen LogP contribution in [0.4, 0.5) is 0 Å². The Kier molecular flexibility index (Phi) is 4.66. The van der Waals surface area contributed by atoms with Gasteiger partial charge in [0, 0.05) is 23.4 Å². The molecule has 1 fully saturated rings. The molecule has 0 radical (unpaired) electrons. The summed E-state index contributed by atoms with van der Waals surface area (Å²) in [5.41, 5.74) is 1.80. The smallest absolute Gasteiger partial charge is 0.238 e. The molecule has 1 aromatic carbocycles. The number of piperidine rings is 1. The van der Waals surface area contributed by atoms with Crippen LogP contribution < -0.4 is 10.5 Å². The third-order valence-electron chi connectivity index (χ3n) is 5.19. The van der Waals surface area contributed by atoms with Gasteiger partial charge in [-0.3, -0.25) is 0 Å². The minimum atomic E-state index is -3.73. The van der Waals surface area contributed by atoms with Gasteiger partial charge in [0.05, 0.1) is 15.8 Å². The van der Waals surface area contributed by atoms with Crippen molar-refractivity contribution in [3.8, 4) is 0 Å². The van der Waals surface area contributed by atoms with Crippen LogP contribution in [0.2, 0.25) is 4.34 Å². The maximum atomic E-state index is 11.7. The van der Waals surface area contributed by atoms with Crippen molar-refractivity contribution >= 4 is 33.0 Å². The normalized spacial score (nSPS) is 28.9. The molecule has 3 heterocycles. The fourth-order valence-electron chi connectivity index (χ4n) is 4.18. The average Bonchev–Trinajstić information content (AvgIpc) is 2.96. The van der Waals surface area contributed by atoms with Crippen LogP contribution in [0.15, 0.2) is 35.2 Å². The van der Waals surface area contributed by atoms with Gasteiger partial charge in [0.15, 0.2) is 0 Å². The highest BCUT2D eigenvalue weighted by molar-refractivity contribution is 7.89. The Bertz CT molecular complexity index is 944. The van der Waals surface area contributed by atoms with Crippen LogP contribution in [-0.2, 0) is 26.8 Å². The molecule has 1 saturated heterocycles. The number of fused-ring (bicyclic) bond motifs is 2. The number of halogens is 1. The van der Waals surface area contributed by atoms with E-state index in [1.807, 2.05) is 6.07 Å². The second-order valence-electron chi connectivity index (χ2n) is 7.14. The number of sulfonamides is 1. The lowest BCUT2D eigenvalue weighted by Crippen LogP contribution is -2.49. The minimum absolute atomic E-state index is 0.0210. The van der Waals surface area contributed by atoms with E-state index in [9.17, 15) is 8.42 Å². The first-order chi connectivity index (χ1) is 12.3. The molecule has 0 bridgehead atoms. The Labute approximate surface area is 162 Å². The fourth-order valence-corrected chi connectivity index (χ4v) is 6.21. The van der Waals surface area contributed by atoms with Crippen molar-refractivity contribution in [3.05, 3.63) is 50.7 Å². The van der Waals surface area contributed by atoms with Gasteiger partial charge in [0.1, 0.15) is 5.60 Å². The van der Waals surface area contributed by atoms with E-state index in [1.54, 1.807) is 23.5 Å². The number of thiophene rings is 1. The van der Waals surface area contributed by atoms with Gasteiger partial charge in [0.25, 0.3) is 0 Å². The molecule has 8 heteroatoms. The number of nitrogens with two attached hydrogens (primary N) is 1. The van der Waals surface area contributed by atoms with E-state index in [4.69, 9.17) is 21.5 Å². The minimum Gasteiger partial charge on any atom is -0.369 e. The third-order valence-corrected chi connectivity index (χ3v) is 7.59. The molecule has 0 amide bonds. The molecular formula is C18H21ClN2O3S2. The van der Waals surface area contributed by atoms with Crippen molar-refractivity contribution in [2.45, 2.75) is 48.8 Å². The molecule has 0 saturated carbocycles. The molecule has 3 atom stereocenters. The SMILES string of the molecule is CC1CC2(CC(c3cccc(S(N)(=O)=O)c3)N1)OCCc1cc(Cl)sc12. The van der Waals surface area contributed by atoms with E-state index in [1.165, 1.54) is 16.5 Å². The molecule has 1 aromatic heterocycles. The van der Waals surface area contributed by atoms with Crippen molar-refractivity contribution in [3.63, 3.8) is 0 Å². The van der Waals surface area contributed by atoms with E-state index in [-0.39, 0.29) is 22.6 Å². The Morgan fingerprint density at radius 2 is 2.15 bits per heavy atom. The third kappa shape index (κ3) is 3.32. The number of rotatable bonds is 2. The molecule has 2 aliphatic rings. The molecule has 3 unspecified atom stereocenters. The first-order valence-electron chi connectivity index (χ1n) is 8.58. The highest BCUT2D eigenvalue weighted by Gasteiger charge is 2.46. The Hall–Kier alpha value is -0.960. The number of hydrogen-bond donors (Lipinski definition) is 2. The van der Waals surface area contributed by atoms with Gasteiger partial charge in [-0.15, -0.1) is 11.3 Å². The molecule has 0 aliphatic carbocycles. The van der Waals surface area contributed by atoms with E-state index < -0.39 is 10.0 Å². The molecule has 4 rings (SSSR count). The lowest BCUT2D eigenvalue weighted by Gasteiger charge is -2.46. The summed E-state index contributed by atoms with van der Waals surface area (Å²) < 4.78 is 30.6. The quantitative estimate of drug-likeness (QED) is 0.792. The summed E-state index contributed by atoms with van der Waals surface area (Å²) >= 11 is 7.88. The summed E-state index contributed by atoms with van der Waals surface area (Å²) in [7, 11) is -3.73. The fraction of sp³-hybridized carbons (Fsp3) is 0.444. The van der Waals surface area contributed by atoms with Gasteiger partial charge in [-0.25, -0.2) is 13.6 Å². The highest BCUT2D eigenvalue weighted by Crippen LogP contribution is 2.50. The van der Waals surface area contributed by atoms with Gasteiger partial charge in [-0.1, -0.05) is 23.7 Å². The standard InChI is InChI=1S/C18H21ClN2O3S2/c1-11-9-18(17-13(5-6-24-18)8-16(19)25-17)10-15(21-11)12-3-2-4-14(7-12)26(20,22)23/h2-4,7-8,11,15,21H,5-6,9-10H2,1H3,(H2,20,22,23). The van der Waals surface area contributed by atoms with E-state index in [2.05, 4.69) is 18.3 Å². The zero-order valence-electron chi connectivity index (χ0n) is 14.4. The van der Waals surface area contributed by atoms with Crippen LogP contribution in [-0.4, -0.2) is 21.1 Å². The maximum absolute atomic E-state index is 11.7. The monoisotopic (exact) mass is 412 g/mol. The number of hydrogen-bond acceptors (Lipinski definition) is 5. The molecule has 2 aromatic rings. The van der Waals surface area contributed by atoms with Gasteiger partial charge < -0.3 is 10.1 Å². The zero-order chi connectivity index (χ0) is 18.5. The van der Waals surface area contributed by atoms with Crippen molar-refractivity contribution < 1.29 is 13.2 Å².